The van der Waals surface area contributed by atoms with Crippen molar-refractivity contribution in [3.05, 3.63) is 130 Å². The van der Waals surface area contributed by atoms with Crippen LogP contribution in [0.4, 0.5) is 5.69 Å². The van der Waals surface area contributed by atoms with Crippen LogP contribution in [0.15, 0.2) is 102 Å². The van der Waals surface area contributed by atoms with Crippen molar-refractivity contribution < 1.29 is 23.9 Å². The third-order valence-corrected chi connectivity index (χ3v) is 13.4. The maximum Gasteiger partial charge on any atom is 0.265 e. The molecule has 12 nitrogen and oxygen atoms in total. The van der Waals surface area contributed by atoms with Gasteiger partial charge >= 0.3 is 0 Å². The monoisotopic (exact) mass is 806 g/mol. The van der Waals surface area contributed by atoms with Gasteiger partial charge in [0.05, 0.1) is 28.8 Å². The molecule has 4 aromatic carbocycles. The highest BCUT2D eigenvalue weighted by Crippen LogP contribution is 2.37. The Morgan fingerprint density at radius 2 is 1.52 bits per heavy atom. The predicted octanol–water partition coefficient (Wildman–Crippen LogP) is 6.12. The molecule has 10 rings (SSSR count). The molecule has 0 spiro atoms. The minimum absolute atomic E-state index is 0.114. The molecule has 0 radical (unpaired) electrons. The Kier molecular flexibility index (Phi) is 10.4. The predicted molar refractivity (Wildman–Crippen MR) is 227 cm³/mol. The van der Waals surface area contributed by atoms with Crippen LogP contribution in [-0.2, 0) is 27.5 Å². The van der Waals surface area contributed by atoms with E-state index in [1.165, 1.54) is 5.56 Å². The molecule has 60 heavy (non-hydrogen) atoms. The molecule has 3 amide bonds. The first-order valence-electron chi connectivity index (χ1n) is 21.5. The average molecular weight is 807 g/mol. The second-order valence-electron chi connectivity index (χ2n) is 17.1. The van der Waals surface area contributed by atoms with E-state index in [-0.39, 0.29) is 35.8 Å². The lowest BCUT2D eigenvalue weighted by Crippen LogP contribution is -2.52. The van der Waals surface area contributed by atoms with E-state index in [0.717, 1.165) is 87.2 Å². The molecule has 4 fully saturated rings. The van der Waals surface area contributed by atoms with Gasteiger partial charge in [-0.15, -0.1) is 0 Å². The van der Waals surface area contributed by atoms with Crippen molar-refractivity contribution in [3.63, 3.8) is 0 Å². The van der Waals surface area contributed by atoms with Crippen molar-refractivity contribution in [1.82, 2.24) is 24.7 Å². The fourth-order valence-electron chi connectivity index (χ4n) is 9.85. The van der Waals surface area contributed by atoms with Gasteiger partial charge in [-0.2, -0.15) is 0 Å². The van der Waals surface area contributed by atoms with E-state index in [2.05, 4.69) is 38.3 Å². The fraction of sp³-hybridized carbons (Fsp3) is 0.396. The largest absolute Gasteiger partial charge is 0.489 e. The summed E-state index contributed by atoms with van der Waals surface area (Å²) in [5, 5.41) is 2.91. The molecule has 5 aromatic rings. The number of hydrogen-bond donors (Lipinski definition) is 1. The van der Waals surface area contributed by atoms with Gasteiger partial charge in [0.15, 0.2) is 0 Å². The van der Waals surface area contributed by atoms with Gasteiger partial charge in [0, 0.05) is 43.3 Å². The summed E-state index contributed by atoms with van der Waals surface area (Å²) in [6.45, 7) is 4.80. The summed E-state index contributed by atoms with van der Waals surface area (Å²) >= 11 is 0. The molecule has 1 unspecified atom stereocenters. The number of hydrogen-bond acceptors (Lipinski definition) is 9. The topological polar surface area (TPSA) is 126 Å². The van der Waals surface area contributed by atoms with Crippen molar-refractivity contribution in [1.29, 1.82) is 0 Å². The van der Waals surface area contributed by atoms with Crippen LogP contribution in [0.2, 0.25) is 0 Å². The van der Waals surface area contributed by atoms with Gasteiger partial charge in [-0.05, 0) is 129 Å². The first-order valence-corrected chi connectivity index (χ1v) is 21.5. The normalized spacial score (nSPS) is 22.8. The molecule has 1 N–H and O–H groups in total. The zero-order valence-electron chi connectivity index (χ0n) is 33.7. The van der Waals surface area contributed by atoms with Gasteiger partial charge < -0.3 is 24.2 Å². The van der Waals surface area contributed by atoms with Crippen LogP contribution in [0, 0.1) is 0 Å². The molecule has 5 aliphatic rings. The van der Waals surface area contributed by atoms with E-state index in [0.29, 0.717) is 59.9 Å². The Bertz CT molecular complexity index is 2470. The highest BCUT2D eigenvalue weighted by atomic mass is 16.5. The van der Waals surface area contributed by atoms with Gasteiger partial charge in [0.1, 0.15) is 24.7 Å². The maximum atomic E-state index is 13.6. The van der Waals surface area contributed by atoms with E-state index < -0.39 is 6.04 Å². The number of nitrogens with one attached hydrogen (secondary N) is 1. The Balaban J connectivity index is 0.669. The van der Waals surface area contributed by atoms with Gasteiger partial charge in [0.25, 0.3) is 11.5 Å². The Labute approximate surface area is 349 Å². The Hall–Kier alpha value is -5.85. The number of rotatable bonds is 10. The molecule has 1 aromatic heterocycles. The zero-order chi connectivity index (χ0) is 40.7. The van der Waals surface area contributed by atoms with E-state index >= 15 is 0 Å². The lowest BCUT2D eigenvalue weighted by atomic mass is 9.83. The van der Waals surface area contributed by atoms with E-state index in [1.807, 2.05) is 66.7 Å². The number of amides is 3. The number of carbonyl (C=O) groups is 3. The van der Waals surface area contributed by atoms with Gasteiger partial charge in [-0.1, -0.05) is 42.5 Å². The fourth-order valence-corrected chi connectivity index (χ4v) is 9.85. The number of likely N-dealkylation sites (tertiary alicyclic amines) is 1. The number of anilines is 1. The lowest BCUT2D eigenvalue weighted by molar-refractivity contribution is -0.136. The quantitative estimate of drug-likeness (QED) is 0.166. The summed E-state index contributed by atoms with van der Waals surface area (Å²) in [4.78, 5) is 62.0. The minimum Gasteiger partial charge on any atom is -0.489 e. The molecular weight excluding hydrogens is 757 g/mol. The first-order chi connectivity index (χ1) is 29.3. The van der Waals surface area contributed by atoms with Crippen molar-refractivity contribution in [3.8, 4) is 11.4 Å². The Morgan fingerprint density at radius 1 is 0.750 bits per heavy atom. The third-order valence-electron chi connectivity index (χ3n) is 13.4. The molecule has 4 aliphatic heterocycles. The average Bonchev–Trinajstić information content (AvgIpc) is 3.59. The molecule has 1 atom stereocenters. The van der Waals surface area contributed by atoms with Crippen LogP contribution < -0.4 is 20.5 Å². The van der Waals surface area contributed by atoms with Crippen LogP contribution >= 0.6 is 0 Å². The van der Waals surface area contributed by atoms with Crippen LogP contribution in [0.5, 0.6) is 5.75 Å². The summed E-state index contributed by atoms with van der Waals surface area (Å²) < 4.78 is 14.2. The van der Waals surface area contributed by atoms with Crippen LogP contribution in [0.3, 0.4) is 0 Å². The molecule has 5 heterocycles. The smallest absolute Gasteiger partial charge is 0.265 e. The number of ether oxygens (including phenoxy) is 2. The third kappa shape index (κ3) is 7.70. The number of imide groups is 1. The molecule has 12 heteroatoms. The zero-order valence-corrected chi connectivity index (χ0v) is 33.7. The number of nitrogens with zero attached hydrogens (tertiary/aromatic N) is 5. The van der Waals surface area contributed by atoms with Crippen LogP contribution in [0.1, 0.15) is 84.3 Å². The lowest BCUT2D eigenvalue weighted by Gasteiger charge is -2.47. The first kappa shape index (κ1) is 38.4. The van der Waals surface area contributed by atoms with E-state index in [1.54, 1.807) is 21.9 Å². The number of benzene rings is 4. The number of piperidine rings is 3. The summed E-state index contributed by atoms with van der Waals surface area (Å²) in [6.07, 6.45) is 9.20. The summed E-state index contributed by atoms with van der Waals surface area (Å²) in [5.74, 6) is 0.350. The van der Waals surface area contributed by atoms with Crippen molar-refractivity contribution in [2.45, 2.75) is 94.7 Å². The molecule has 308 valence electrons. The number of fused-ring (bicyclic) bond motifs is 2. The second kappa shape index (κ2) is 16.3. The molecule has 1 saturated carbocycles. The number of carbonyl (C=O) groups excluding carboxylic acids is 3. The molecule has 0 bridgehead atoms. The molecule has 3 saturated heterocycles. The van der Waals surface area contributed by atoms with Crippen LogP contribution in [-0.4, -0.2) is 87.5 Å². The van der Waals surface area contributed by atoms with Crippen molar-refractivity contribution >= 4 is 34.3 Å². The highest BCUT2D eigenvalue weighted by Gasteiger charge is 2.40. The van der Waals surface area contributed by atoms with Gasteiger partial charge in [-0.3, -0.25) is 29.1 Å². The summed E-state index contributed by atoms with van der Waals surface area (Å²) in [6, 6.07) is 29.9. The summed E-state index contributed by atoms with van der Waals surface area (Å²) in [5.41, 5.74) is 6.42. The SMILES string of the molecule is O=C1CCC(N2Cc3cc(N4CCC(OC5CC(N6CCC(c7ccc(-n8cnc9ccc(OCc%10ccccc%10)cc9c8=O)cc7)CC6)C5)CC4)ccc3C2=O)C(=O)N1. The number of aromatic nitrogens is 2. The van der Waals surface area contributed by atoms with Crippen LogP contribution in [0.25, 0.3) is 16.6 Å². The highest BCUT2D eigenvalue weighted by molar-refractivity contribution is 6.05. The summed E-state index contributed by atoms with van der Waals surface area (Å²) in [7, 11) is 0. The Morgan fingerprint density at radius 3 is 2.28 bits per heavy atom. The van der Waals surface area contributed by atoms with Gasteiger partial charge in [0.2, 0.25) is 11.8 Å². The second-order valence-corrected chi connectivity index (χ2v) is 17.1. The maximum absolute atomic E-state index is 13.6. The van der Waals surface area contributed by atoms with Gasteiger partial charge in [-0.25, -0.2) is 4.98 Å². The van der Waals surface area contributed by atoms with Crippen molar-refractivity contribution in [2.75, 3.05) is 31.1 Å². The molecular formula is C48H50N6O6. The van der Waals surface area contributed by atoms with Crippen molar-refractivity contribution in [2.24, 2.45) is 0 Å². The van der Waals surface area contributed by atoms with E-state index in [4.69, 9.17) is 9.47 Å². The minimum atomic E-state index is -0.598. The molecule has 1 aliphatic carbocycles. The standard InChI is InChI=1S/C48H50N6O6/c55-45-15-14-44(46(56)50-45)53-28-34-24-36(10-12-41(34)47(53)57)51-22-18-38(19-23-51)60-40-25-37(26-40)52-20-16-33(17-21-52)32-6-8-35(9-7-32)54-30-49-43-13-11-39(27-42(43)48(54)58)59-29-31-4-2-1-3-5-31/h1-13,24,27,30,33,37-38,40,44H,14-23,25-26,28-29H2,(H,50,55,56). The van der Waals surface area contributed by atoms with E-state index in [9.17, 15) is 19.2 Å².